The van der Waals surface area contributed by atoms with E-state index in [1.165, 1.54) is 16.7 Å². The van der Waals surface area contributed by atoms with Gasteiger partial charge in [0.15, 0.2) is 0 Å². The third-order valence-electron chi connectivity index (χ3n) is 3.05. The van der Waals surface area contributed by atoms with Gasteiger partial charge in [0.05, 0.1) is 12.7 Å². The van der Waals surface area contributed by atoms with Gasteiger partial charge >= 0.3 is 0 Å². The number of aryl methyl sites for hydroxylation is 1. The highest BCUT2D eigenvalue weighted by molar-refractivity contribution is 5.30. The summed E-state index contributed by atoms with van der Waals surface area (Å²) in [6.45, 7) is 3.85. The van der Waals surface area contributed by atoms with Crippen molar-refractivity contribution < 1.29 is 0 Å². The molecule has 4 heteroatoms. The van der Waals surface area contributed by atoms with Gasteiger partial charge in [-0.2, -0.15) is 0 Å². The van der Waals surface area contributed by atoms with E-state index in [1.54, 1.807) is 0 Å². The van der Waals surface area contributed by atoms with E-state index in [2.05, 4.69) is 44.2 Å². The lowest BCUT2D eigenvalue weighted by molar-refractivity contribution is 0.776. The number of hydrogen-bond donors (Lipinski definition) is 0. The fraction of sp³-hybridized carbons (Fsp3) is 0.200. The van der Waals surface area contributed by atoms with Gasteiger partial charge in [-0.15, -0.1) is 0 Å². The van der Waals surface area contributed by atoms with Gasteiger partial charge in [0.1, 0.15) is 0 Å². The van der Waals surface area contributed by atoms with Crippen LogP contribution in [0.25, 0.3) is 0 Å². The Bertz CT molecular complexity index is 584. The van der Waals surface area contributed by atoms with Crippen molar-refractivity contribution in [3.05, 3.63) is 72.3 Å². The monoisotopic (exact) mass is 252 g/mol. The first-order chi connectivity index (χ1) is 9.29. The van der Waals surface area contributed by atoms with Gasteiger partial charge in [0, 0.05) is 37.9 Å². The van der Waals surface area contributed by atoms with Gasteiger partial charge in [-0.25, -0.2) is 9.97 Å². The van der Waals surface area contributed by atoms with E-state index >= 15 is 0 Å². The summed E-state index contributed by atoms with van der Waals surface area (Å²) in [5.74, 6) is 0. The Morgan fingerprint density at radius 1 is 0.842 bits per heavy atom. The molecule has 0 N–H and O–H groups in total. The van der Waals surface area contributed by atoms with Crippen molar-refractivity contribution in [2.45, 2.75) is 20.0 Å². The zero-order chi connectivity index (χ0) is 13.1. The molecule has 0 atom stereocenters. The van der Waals surface area contributed by atoms with Gasteiger partial charge in [-0.1, -0.05) is 23.8 Å². The van der Waals surface area contributed by atoms with Crippen LogP contribution in [-0.2, 0) is 13.1 Å². The summed E-state index contributed by atoms with van der Waals surface area (Å²) in [7, 11) is 0. The number of hydrogen-bond acceptors (Lipinski definition) is 2. The first-order valence-corrected chi connectivity index (χ1v) is 6.30. The highest BCUT2D eigenvalue weighted by Gasteiger charge is 2.01. The van der Waals surface area contributed by atoms with Gasteiger partial charge in [-0.3, -0.25) is 0 Å². The summed E-state index contributed by atoms with van der Waals surface area (Å²) in [6, 6.07) is 6.68. The SMILES string of the molecule is Cc1cc(Cn2ccnc2)cc(Cn2ccnc2)c1. The second-order valence-electron chi connectivity index (χ2n) is 4.80. The highest BCUT2D eigenvalue weighted by Crippen LogP contribution is 2.12. The molecule has 0 spiro atoms. The second kappa shape index (κ2) is 5.10. The molecule has 3 aromatic rings. The maximum atomic E-state index is 4.07. The van der Waals surface area contributed by atoms with Gasteiger partial charge in [0.25, 0.3) is 0 Å². The average Bonchev–Trinajstić information content (AvgIpc) is 3.01. The molecule has 0 fully saturated rings. The molecule has 2 aromatic heterocycles. The quantitative estimate of drug-likeness (QED) is 0.715. The number of aromatic nitrogens is 4. The van der Waals surface area contributed by atoms with Crippen LogP contribution in [0, 0.1) is 6.92 Å². The van der Waals surface area contributed by atoms with Crippen LogP contribution in [0.2, 0.25) is 0 Å². The number of rotatable bonds is 4. The van der Waals surface area contributed by atoms with E-state index in [9.17, 15) is 0 Å². The van der Waals surface area contributed by atoms with E-state index in [4.69, 9.17) is 0 Å². The third-order valence-corrected chi connectivity index (χ3v) is 3.05. The fourth-order valence-electron chi connectivity index (χ4n) is 2.31. The van der Waals surface area contributed by atoms with Gasteiger partial charge < -0.3 is 9.13 Å². The minimum Gasteiger partial charge on any atom is -0.333 e. The van der Waals surface area contributed by atoms with Crippen molar-refractivity contribution in [1.82, 2.24) is 19.1 Å². The van der Waals surface area contributed by atoms with Crippen molar-refractivity contribution >= 4 is 0 Å². The molecular formula is C15H16N4. The Morgan fingerprint density at radius 2 is 1.37 bits per heavy atom. The smallest absolute Gasteiger partial charge is 0.0949 e. The summed E-state index contributed by atoms with van der Waals surface area (Å²) in [5.41, 5.74) is 3.88. The van der Waals surface area contributed by atoms with Crippen LogP contribution in [0.1, 0.15) is 16.7 Å². The molecule has 3 rings (SSSR count). The minimum absolute atomic E-state index is 0.860. The van der Waals surface area contributed by atoms with E-state index in [0.717, 1.165) is 13.1 Å². The standard InChI is InChI=1S/C15H16N4/c1-13-6-14(9-18-4-2-16-11-18)8-15(7-13)10-19-5-3-17-12-19/h2-8,11-12H,9-10H2,1H3. The fourth-order valence-corrected chi connectivity index (χ4v) is 2.31. The highest BCUT2D eigenvalue weighted by atomic mass is 15.0. The Hall–Kier alpha value is -2.36. The summed E-state index contributed by atoms with van der Waals surface area (Å²) in [6.07, 6.45) is 11.3. The van der Waals surface area contributed by atoms with Crippen LogP contribution >= 0.6 is 0 Å². The number of imidazole rings is 2. The first kappa shape index (κ1) is 11.7. The van der Waals surface area contributed by atoms with Crippen LogP contribution in [0.3, 0.4) is 0 Å². The van der Waals surface area contributed by atoms with Crippen LogP contribution in [0.15, 0.2) is 55.6 Å². The van der Waals surface area contributed by atoms with Crippen molar-refractivity contribution in [2.24, 2.45) is 0 Å². The van der Waals surface area contributed by atoms with Gasteiger partial charge in [-0.05, 0) is 18.1 Å². The van der Waals surface area contributed by atoms with Crippen molar-refractivity contribution in [3.63, 3.8) is 0 Å². The summed E-state index contributed by atoms with van der Waals surface area (Å²) >= 11 is 0. The zero-order valence-corrected chi connectivity index (χ0v) is 10.9. The van der Waals surface area contributed by atoms with E-state index in [0.29, 0.717) is 0 Å². The molecule has 0 radical (unpaired) electrons. The molecule has 0 unspecified atom stereocenters. The maximum Gasteiger partial charge on any atom is 0.0949 e. The molecule has 0 amide bonds. The maximum absolute atomic E-state index is 4.07. The minimum atomic E-state index is 0.860. The van der Waals surface area contributed by atoms with E-state index in [-0.39, 0.29) is 0 Å². The average molecular weight is 252 g/mol. The summed E-state index contributed by atoms with van der Waals surface area (Å²) in [5, 5.41) is 0. The van der Waals surface area contributed by atoms with Crippen molar-refractivity contribution in [3.8, 4) is 0 Å². The Labute approximate surface area is 112 Å². The molecule has 0 aliphatic heterocycles. The topological polar surface area (TPSA) is 35.6 Å². The largest absolute Gasteiger partial charge is 0.333 e. The molecule has 2 heterocycles. The normalized spacial score (nSPS) is 10.8. The predicted octanol–water partition coefficient (Wildman–Crippen LogP) is 2.48. The molecule has 19 heavy (non-hydrogen) atoms. The Morgan fingerprint density at radius 3 is 1.79 bits per heavy atom. The Kier molecular flexibility index (Phi) is 3.14. The third kappa shape index (κ3) is 2.91. The van der Waals surface area contributed by atoms with Crippen molar-refractivity contribution in [1.29, 1.82) is 0 Å². The lowest BCUT2D eigenvalue weighted by atomic mass is 10.1. The van der Waals surface area contributed by atoms with E-state index in [1.807, 2.05) is 37.4 Å². The van der Waals surface area contributed by atoms with E-state index < -0.39 is 0 Å². The van der Waals surface area contributed by atoms with Crippen LogP contribution in [-0.4, -0.2) is 19.1 Å². The molecule has 96 valence electrons. The lowest BCUT2D eigenvalue weighted by Gasteiger charge is -2.09. The van der Waals surface area contributed by atoms with Gasteiger partial charge in [0.2, 0.25) is 0 Å². The molecule has 1 aromatic carbocycles. The summed E-state index contributed by atoms with van der Waals surface area (Å²) in [4.78, 5) is 8.15. The second-order valence-corrected chi connectivity index (χ2v) is 4.80. The zero-order valence-electron chi connectivity index (χ0n) is 10.9. The molecular weight excluding hydrogens is 236 g/mol. The molecule has 0 aliphatic rings. The van der Waals surface area contributed by atoms with Crippen LogP contribution < -0.4 is 0 Å². The molecule has 4 nitrogen and oxygen atoms in total. The molecule has 0 bridgehead atoms. The molecule has 0 saturated carbocycles. The first-order valence-electron chi connectivity index (χ1n) is 6.30. The molecule has 0 aliphatic carbocycles. The summed E-state index contributed by atoms with van der Waals surface area (Å²) < 4.78 is 4.16. The Balaban J connectivity index is 1.83. The number of nitrogens with zero attached hydrogens (tertiary/aromatic N) is 4. The van der Waals surface area contributed by atoms with Crippen LogP contribution in [0.4, 0.5) is 0 Å². The molecule has 0 saturated heterocycles. The lowest BCUT2D eigenvalue weighted by Crippen LogP contribution is -2.01. The number of benzene rings is 1. The van der Waals surface area contributed by atoms with Crippen molar-refractivity contribution in [2.75, 3.05) is 0 Å². The predicted molar refractivity (Wildman–Crippen MR) is 73.8 cm³/mol. The van der Waals surface area contributed by atoms with Crippen LogP contribution in [0.5, 0.6) is 0 Å².